The summed E-state index contributed by atoms with van der Waals surface area (Å²) in [6.45, 7) is 8.52. The van der Waals surface area contributed by atoms with Crippen molar-refractivity contribution in [1.82, 2.24) is 5.32 Å². The number of aliphatic hydroxyl groups is 1. The minimum Gasteiger partial charge on any atom is -0.388 e. The molecule has 1 heterocycles. The molecule has 0 aromatic carbocycles. The average Bonchev–Trinajstić information content (AvgIpc) is 2.15. The second kappa shape index (κ2) is 4.60. The highest BCUT2D eigenvalue weighted by atomic mass is 16.5. The van der Waals surface area contributed by atoms with Crippen LogP contribution in [0.15, 0.2) is 0 Å². The Morgan fingerprint density at radius 3 is 2.71 bits per heavy atom. The molecule has 0 radical (unpaired) electrons. The lowest BCUT2D eigenvalue weighted by atomic mass is 9.82. The van der Waals surface area contributed by atoms with Gasteiger partial charge in [-0.3, -0.25) is 0 Å². The quantitative estimate of drug-likeness (QED) is 0.720. The minimum absolute atomic E-state index is 0.136. The molecular formula is C11H23NO2. The smallest absolute Gasteiger partial charge is 0.0820 e. The van der Waals surface area contributed by atoms with Gasteiger partial charge in [-0.25, -0.2) is 0 Å². The first kappa shape index (κ1) is 12.0. The molecule has 2 N–H and O–H groups in total. The molecule has 3 heteroatoms. The third-order valence-corrected chi connectivity index (χ3v) is 3.17. The molecule has 2 atom stereocenters. The molecule has 1 aliphatic heterocycles. The van der Waals surface area contributed by atoms with Crippen molar-refractivity contribution >= 4 is 0 Å². The Balaban J connectivity index is 2.53. The second-order valence-corrected chi connectivity index (χ2v) is 4.58. The fourth-order valence-corrected chi connectivity index (χ4v) is 2.06. The number of ether oxygens (including phenoxy) is 1. The van der Waals surface area contributed by atoms with Crippen LogP contribution >= 0.6 is 0 Å². The van der Waals surface area contributed by atoms with Crippen molar-refractivity contribution in [3.63, 3.8) is 0 Å². The van der Waals surface area contributed by atoms with Crippen LogP contribution < -0.4 is 5.32 Å². The first-order chi connectivity index (χ1) is 6.54. The fourth-order valence-electron chi connectivity index (χ4n) is 2.06. The molecule has 0 aliphatic carbocycles. The Labute approximate surface area is 86.8 Å². The number of hydrogen-bond donors (Lipinski definition) is 2. The Morgan fingerprint density at radius 1 is 1.43 bits per heavy atom. The van der Waals surface area contributed by atoms with Crippen LogP contribution in [0.4, 0.5) is 0 Å². The Hall–Kier alpha value is -0.120. The van der Waals surface area contributed by atoms with E-state index in [1.807, 2.05) is 0 Å². The van der Waals surface area contributed by atoms with Crippen LogP contribution in [-0.4, -0.2) is 36.0 Å². The molecule has 0 spiro atoms. The van der Waals surface area contributed by atoms with Gasteiger partial charge in [-0.05, 0) is 19.9 Å². The number of nitrogens with one attached hydrogen (secondary N) is 1. The number of hydrogen-bond acceptors (Lipinski definition) is 3. The van der Waals surface area contributed by atoms with Crippen molar-refractivity contribution in [1.29, 1.82) is 0 Å². The van der Waals surface area contributed by atoms with Gasteiger partial charge in [0.1, 0.15) is 0 Å². The highest BCUT2D eigenvalue weighted by molar-refractivity contribution is 4.93. The Kier molecular flexibility index (Phi) is 3.93. The zero-order chi connectivity index (χ0) is 10.7. The molecular weight excluding hydrogens is 178 g/mol. The summed E-state index contributed by atoms with van der Waals surface area (Å²) in [5.41, 5.74) is -0.707. The number of rotatable bonds is 4. The maximum atomic E-state index is 10.3. The minimum atomic E-state index is -0.570. The van der Waals surface area contributed by atoms with Crippen LogP contribution in [0.2, 0.25) is 0 Å². The van der Waals surface area contributed by atoms with Crippen molar-refractivity contribution in [2.45, 2.75) is 51.2 Å². The van der Waals surface area contributed by atoms with E-state index < -0.39 is 5.60 Å². The van der Waals surface area contributed by atoms with E-state index in [0.717, 1.165) is 25.8 Å². The first-order valence-corrected chi connectivity index (χ1v) is 5.61. The van der Waals surface area contributed by atoms with Crippen molar-refractivity contribution in [3.05, 3.63) is 0 Å². The van der Waals surface area contributed by atoms with E-state index in [1.54, 1.807) is 0 Å². The molecule has 1 saturated heterocycles. The largest absolute Gasteiger partial charge is 0.388 e. The molecule has 1 rings (SSSR count). The van der Waals surface area contributed by atoms with Crippen LogP contribution in [0.5, 0.6) is 0 Å². The molecule has 0 saturated carbocycles. The van der Waals surface area contributed by atoms with Crippen LogP contribution in [0.1, 0.15) is 40.0 Å². The predicted octanol–water partition coefficient (Wildman–Crippen LogP) is 1.31. The summed E-state index contributed by atoms with van der Waals surface area (Å²) in [4.78, 5) is 0. The van der Waals surface area contributed by atoms with E-state index in [4.69, 9.17) is 4.74 Å². The molecule has 0 bridgehead atoms. The highest BCUT2D eigenvalue weighted by Gasteiger charge is 2.40. The van der Waals surface area contributed by atoms with Crippen molar-refractivity contribution < 1.29 is 9.84 Å². The summed E-state index contributed by atoms with van der Waals surface area (Å²) in [6, 6.07) is 0. The molecule has 3 nitrogen and oxygen atoms in total. The normalized spacial score (nSPS) is 38.6. The number of likely N-dealkylation sites (N-methyl/N-ethyl adjacent to an activating group) is 1. The third-order valence-electron chi connectivity index (χ3n) is 3.17. The van der Waals surface area contributed by atoms with Gasteiger partial charge in [0, 0.05) is 19.4 Å². The summed E-state index contributed by atoms with van der Waals surface area (Å²) in [7, 11) is 0. The van der Waals surface area contributed by atoms with Gasteiger partial charge in [-0.2, -0.15) is 0 Å². The first-order valence-electron chi connectivity index (χ1n) is 5.61. The lowest BCUT2D eigenvalue weighted by Crippen LogP contribution is -2.52. The zero-order valence-corrected chi connectivity index (χ0v) is 9.60. The molecule has 14 heavy (non-hydrogen) atoms. The van der Waals surface area contributed by atoms with E-state index in [0.29, 0.717) is 13.2 Å². The van der Waals surface area contributed by atoms with Crippen molar-refractivity contribution in [2.24, 2.45) is 0 Å². The van der Waals surface area contributed by atoms with Crippen LogP contribution in [0, 0.1) is 0 Å². The van der Waals surface area contributed by atoms with Crippen molar-refractivity contribution in [3.8, 4) is 0 Å². The van der Waals surface area contributed by atoms with E-state index in [2.05, 4.69) is 26.1 Å². The molecule has 0 aromatic rings. The summed E-state index contributed by atoms with van der Waals surface area (Å²) in [6.07, 6.45) is 2.44. The van der Waals surface area contributed by atoms with Crippen molar-refractivity contribution in [2.75, 3.05) is 19.7 Å². The van der Waals surface area contributed by atoms with Gasteiger partial charge in [0.15, 0.2) is 0 Å². The van der Waals surface area contributed by atoms with Gasteiger partial charge in [0.2, 0.25) is 0 Å². The maximum absolute atomic E-state index is 10.3. The Bertz CT molecular complexity index is 186. The monoisotopic (exact) mass is 201 g/mol. The van der Waals surface area contributed by atoms with Gasteiger partial charge in [0.05, 0.1) is 17.8 Å². The predicted molar refractivity (Wildman–Crippen MR) is 57.4 cm³/mol. The van der Waals surface area contributed by atoms with Crippen LogP contribution in [0.3, 0.4) is 0 Å². The van der Waals surface area contributed by atoms with Crippen LogP contribution in [-0.2, 0) is 4.74 Å². The van der Waals surface area contributed by atoms with E-state index in [1.165, 1.54) is 0 Å². The highest BCUT2D eigenvalue weighted by Crippen LogP contribution is 2.33. The van der Waals surface area contributed by atoms with Gasteiger partial charge >= 0.3 is 0 Å². The summed E-state index contributed by atoms with van der Waals surface area (Å²) in [5, 5.41) is 13.5. The molecule has 84 valence electrons. The third kappa shape index (κ3) is 2.94. The second-order valence-electron chi connectivity index (χ2n) is 4.58. The lowest BCUT2D eigenvalue weighted by molar-refractivity contribution is -0.151. The van der Waals surface area contributed by atoms with Gasteiger partial charge < -0.3 is 15.2 Å². The van der Waals surface area contributed by atoms with Gasteiger partial charge in [-0.1, -0.05) is 13.8 Å². The summed E-state index contributed by atoms with van der Waals surface area (Å²) >= 11 is 0. The lowest BCUT2D eigenvalue weighted by Gasteiger charge is -2.43. The standard InChI is InChI=1S/C11H23NO2/c1-4-10(3)8-11(13,6-7-14-10)9-12-5-2/h12-13H,4-9H2,1-3H3. The fraction of sp³-hybridized carbons (Fsp3) is 1.00. The van der Waals surface area contributed by atoms with Gasteiger partial charge in [0.25, 0.3) is 0 Å². The molecule has 0 amide bonds. The molecule has 1 aliphatic rings. The van der Waals surface area contributed by atoms with E-state index in [-0.39, 0.29) is 5.60 Å². The van der Waals surface area contributed by atoms with Gasteiger partial charge in [-0.15, -0.1) is 0 Å². The molecule has 1 fully saturated rings. The maximum Gasteiger partial charge on any atom is 0.0820 e. The van der Waals surface area contributed by atoms with E-state index >= 15 is 0 Å². The summed E-state index contributed by atoms with van der Waals surface area (Å²) < 4.78 is 5.70. The SMILES string of the molecule is CCNCC1(O)CCOC(C)(CC)C1. The van der Waals surface area contributed by atoms with Crippen LogP contribution in [0.25, 0.3) is 0 Å². The zero-order valence-electron chi connectivity index (χ0n) is 9.60. The average molecular weight is 201 g/mol. The topological polar surface area (TPSA) is 41.5 Å². The molecule has 0 aromatic heterocycles. The molecule has 2 unspecified atom stereocenters. The Morgan fingerprint density at radius 2 is 2.14 bits per heavy atom. The van der Waals surface area contributed by atoms with E-state index in [9.17, 15) is 5.11 Å². The summed E-state index contributed by atoms with van der Waals surface area (Å²) in [5.74, 6) is 0.